The van der Waals surface area contributed by atoms with Gasteiger partial charge in [0.2, 0.25) is 5.54 Å². The molecule has 134 valence electrons. The van der Waals surface area contributed by atoms with Crippen LogP contribution in [-0.2, 0) is 21.6 Å². The standard InChI is InChI=1S/C24H21NO2/c1-3-24(23(26)27-2,21-15-9-5-10-16-21)25(22-17-11-6-12-18-22)19-20-13-7-4-8-14-20/h1,4-18H,19H2,2H3/t24-/m0/s1. The number of terminal acetylenes is 1. The van der Waals surface area contributed by atoms with Crippen LogP contribution in [0.5, 0.6) is 0 Å². The second kappa shape index (κ2) is 8.25. The number of nitrogens with zero attached hydrogens (tertiary/aromatic N) is 1. The van der Waals surface area contributed by atoms with Gasteiger partial charge < -0.3 is 9.64 Å². The Morgan fingerprint density at radius 2 is 1.44 bits per heavy atom. The predicted molar refractivity (Wildman–Crippen MR) is 108 cm³/mol. The molecule has 0 unspecified atom stereocenters. The molecule has 0 fully saturated rings. The average molecular weight is 355 g/mol. The van der Waals surface area contributed by atoms with E-state index in [0.29, 0.717) is 12.1 Å². The Bertz CT molecular complexity index is 917. The van der Waals surface area contributed by atoms with E-state index < -0.39 is 11.5 Å². The van der Waals surface area contributed by atoms with Gasteiger partial charge in [-0.05, 0) is 17.7 Å². The number of hydrogen-bond acceptors (Lipinski definition) is 3. The van der Waals surface area contributed by atoms with Crippen LogP contribution in [0.15, 0.2) is 91.0 Å². The van der Waals surface area contributed by atoms with E-state index in [0.717, 1.165) is 11.3 Å². The molecule has 0 N–H and O–H groups in total. The topological polar surface area (TPSA) is 29.5 Å². The third-order valence-corrected chi connectivity index (χ3v) is 4.54. The minimum Gasteiger partial charge on any atom is -0.466 e. The fourth-order valence-electron chi connectivity index (χ4n) is 3.21. The quantitative estimate of drug-likeness (QED) is 0.485. The Morgan fingerprint density at radius 1 is 0.926 bits per heavy atom. The van der Waals surface area contributed by atoms with Crippen molar-refractivity contribution in [3.8, 4) is 12.3 Å². The van der Waals surface area contributed by atoms with Crippen LogP contribution < -0.4 is 4.90 Å². The van der Waals surface area contributed by atoms with Gasteiger partial charge in [-0.1, -0.05) is 84.8 Å². The molecular formula is C24H21NO2. The maximum absolute atomic E-state index is 13.1. The predicted octanol–water partition coefficient (Wildman–Crippen LogP) is 4.39. The second-order valence-electron chi connectivity index (χ2n) is 6.12. The molecule has 0 aliphatic heterocycles. The summed E-state index contributed by atoms with van der Waals surface area (Å²) in [5.41, 5.74) is 1.20. The van der Waals surface area contributed by atoms with E-state index in [1.165, 1.54) is 7.11 Å². The molecule has 0 heterocycles. The molecule has 0 aliphatic carbocycles. The third kappa shape index (κ3) is 3.56. The molecule has 3 aromatic rings. The van der Waals surface area contributed by atoms with E-state index in [-0.39, 0.29) is 0 Å². The van der Waals surface area contributed by atoms with E-state index in [1.54, 1.807) is 0 Å². The summed E-state index contributed by atoms with van der Waals surface area (Å²) < 4.78 is 5.18. The molecular weight excluding hydrogens is 334 g/mol. The zero-order valence-corrected chi connectivity index (χ0v) is 15.2. The van der Waals surface area contributed by atoms with Gasteiger partial charge in [0.05, 0.1) is 7.11 Å². The lowest BCUT2D eigenvalue weighted by Gasteiger charge is -2.40. The Hall–Kier alpha value is -3.51. The lowest BCUT2D eigenvalue weighted by Crippen LogP contribution is -2.51. The van der Waals surface area contributed by atoms with Crippen molar-refractivity contribution in [2.24, 2.45) is 0 Å². The molecule has 0 spiro atoms. The van der Waals surface area contributed by atoms with Crippen LogP contribution in [0.25, 0.3) is 0 Å². The molecule has 27 heavy (non-hydrogen) atoms. The number of anilines is 1. The Labute approximate surface area is 160 Å². The summed E-state index contributed by atoms with van der Waals surface area (Å²) >= 11 is 0. The van der Waals surface area contributed by atoms with Gasteiger partial charge in [0.15, 0.2) is 0 Å². The number of benzene rings is 3. The highest BCUT2D eigenvalue weighted by Gasteiger charge is 2.46. The number of hydrogen-bond donors (Lipinski definition) is 0. The van der Waals surface area contributed by atoms with Gasteiger partial charge in [-0.2, -0.15) is 0 Å². The van der Waals surface area contributed by atoms with Crippen molar-refractivity contribution >= 4 is 11.7 Å². The molecule has 3 aromatic carbocycles. The molecule has 0 amide bonds. The van der Waals surface area contributed by atoms with Crippen molar-refractivity contribution in [2.75, 3.05) is 12.0 Å². The van der Waals surface area contributed by atoms with Crippen LogP contribution in [0.1, 0.15) is 11.1 Å². The summed E-state index contributed by atoms with van der Waals surface area (Å²) in [6.07, 6.45) is 6.02. The number of methoxy groups -OCH3 is 1. The van der Waals surface area contributed by atoms with Crippen LogP contribution in [-0.4, -0.2) is 13.1 Å². The monoisotopic (exact) mass is 355 g/mol. The molecule has 0 bridgehead atoms. The number of rotatable bonds is 6. The van der Waals surface area contributed by atoms with Crippen LogP contribution in [0.4, 0.5) is 5.69 Å². The first kappa shape index (κ1) is 18.3. The van der Waals surface area contributed by atoms with Crippen molar-refractivity contribution in [3.63, 3.8) is 0 Å². The highest BCUT2D eigenvalue weighted by molar-refractivity contribution is 5.91. The minimum absolute atomic E-state index is 0.457. The normalized spacial score (nSPS) is 12.4. The van der Waals surface area contributed by atoms with E-state index >= 15 is 0 Å². The van der Waals surface area contributed by atoms with Crippen molar-refractivity contribution in [3.05, 3.63) is 102 Å². The van der Waals surface area contributed by atoms with E-state index in [2.05, 4.69) is 5.92 Å². The fraction of sp³-hybridized carbons (Fsp3) is 0.125. The van der Waals surface area contributed by atoms with Gasteiger partial charge in [0.1, 0.15) is 0 Å². The van der Waals surface area contributed by atoms with Crippen LogP contribution in [0.2, 0.25) is 0 Å². The van der Waals surface area contributed by atoms with Crippen LogP contribution in [0, 0.1) is 12.3 Å². The number of carbonyl (C=O) groups excluding carboxylic acids is 1. The summed E-state index contributed by atoms with van der Waals surface area (Å²) in [6, 6.07) is 29.0. The summed E-state index contributed by atoms with van der Waals surface area (Å²) in [7, 11) is 1.36. The molecule has 3 nitrogen and oxygen atoms in total. The van der Waals surface area contributed by atoms with Gasteiger partial charge in [-0.25, -0.2) is 4.79 Å². The Morgan fingerprint density at radius 3 is 1.96 bits per heavy atom. The van der Waals surface area contributed by atoms with E-state index in [1.807, 2.05) is 95.9 Å². The molecule has 0 aliphatic rings. The lowest BCUT2D eigenvalue weighted by atomic mass is 9.87. The van der Waals surface area contributed by atoms with Crippen LogP contribution >= 0.6 is 0 Å². The molecule has 3 rings (SSSR count). The van der Waals surface area contributed by atoms with Gasteiger partial charge in [-0.15, -0.1) is 6.42 Å². The highest BCUT2D eigenvalue weighted by Crippen LogP contribution is 2.35. The number of para-hydroxylation sites is 1. The summed E-state index contributed by atoms with van der Waals surface area (Å²) in [6.45, 7) is 0.457. The van der Waals surface area contributed by atoms with Gasteiger partial charge in [0, 0.05) is 17.8 Å². The molecule has 0 aromatic heterocycles. The zero-order valence-electron chi connectivity index (χ0n) is 15.2. The first-order valence-corrected chi connectivity index (χ1v) is 8.70. The Balaban J connectivity index is 2.22. The first-order valence-electron chi connectivity index (χ1n) is 8.70. The van der Waals surface area contributed by atoms with Crippen molar-refractivity contribution < 1.29 is 9.53 Å². The summed E-state index contributed by atoms with van der Waals surface area (Å²) in [4.78, 5) is 15.0. The van der Waals surface area contributed by atoms with E-state index in [4.69, 9.17) is 11.2 Å². The smallest absolute Gasteiger partial charge is 0.349 e. The molecule has 0 saturated carbocycles. The van der Waals surface area contributed by atoms with E-state index in [9.17, 15) is 4.79 Å². The summed E-state index contributed by atoms with van der Waals surface area (Å²) in [5.74, 6) is 2.26. The fourth-order valence-corrected chi connectivity index (χ4v) is 3.21. The maximum atomic E-state index is 13.1. The third-order valence-electron chi connectivity index (χ3n) is 4.54. The molecule has 0 saturated heterocycles. The highest BCUT2D eigenvalue weighted by atomic mass is 16.5. The van der Waals surface area contributed by atoms with Crippen LogP contribution in [0.3, 0.4) is 0 Å². The van der Waals surface area contributed by atoms with Crippen molar-refractivity contribution in [1.82, 2.24) is 0 Å². The van der Waals surface area contributed by atoms with Gasteiger partial charge in [0.25, 0.3) is 0 Å². The van der Waals surface area contributed by atoms with Crippen molar-refractivity contribution in [1.29, 1.82) is 0 Å². The molecule has 0 radical (unpaired) electrons. The number of ether oxygens (including phenoxy) is 1. The maximum Gasteiger partial charge on any atom is 0.349 e. The largest absolute Gasteiger partial charge is 0.466 e. The first-order chi connectivity index (χ1) is 13.2. The average Bonchev–Trinajstić information content (AvgIpc) is 2.75. The molecule has 3 heteroatoms. The second-order valence-corrected chi connectivity index (χ2v) is 6.12. The zero-order chi connectivity index (χ0) is 19.1. The minimum atomic E-state index is -1.38. The van der Waals surface area contributed by atoms with Gasteiger partial charge in [-0.3, -0.25) is 0 Å². The van der Waals surface area contributed by atoms with Gasteiger partial charge >= 0.3 is 5.97 Å². The number of carbonyl (C=O) groups is 1. The summed E-state index contributed by atoms with van der Waals surface area (Å²) in [5, 5.41) is 0. The van der Waals surface area contributed by atoms with Crippen molar-refractivity contribution in [2.45, 2.75) is 12.1 Å². The lowest BCUT2D eigenvalue weighted by molar-refractivity contribution is -0.145. The molecule has 1 atom stereocenters. The number of esters is 1. The SMILES string of the molecule is C#C[C@@](C(=O)OC)(c1ccccc1)N(Cc1ccccc1)c1ccccc1. The Kier molecular flexibility index (Phi) is 5.58.